The molecular formula is C20H33IN4O4. The Morgan fingerprint density at radius 3 is 2.76 bits per heavy atom. The third kappa shape index (κ3) is 9.53. The standard InChI is InChI=1S/C20H32N4O4.HI/c1-15(28-17-8-5-7-16(11-17)26-4)12-21-20(23-14-19(25)24(2)3)22-13-18-9-6-10-27-18;/h5,7-8,11,15,18H,6,9-10,12-14H2,1-4H3,(H2,21,22,23);1H. The van der Waals surface area contributed by atoms with Crippen LogP contribution in [0, 0.1) is 0 Å². The van der Waals surface area contributed by atoms with Gasteiger partial charge in [-0.1, -0.05) is 6.07 Å². The summed E-state index contributed by atoms with van der Waals surface area (Å²) in [7, 11) is 5.06. The van der Waals surface area contributed by atoms with E-state index in [0.717, 1.165) is 30.9 Å². The minimum atomic E-state index is -0.105. The number of hydrogen-bond acceptors (Lipinski definition) is 5. The highest BCUT2D eigenvalue weighted by atomic mass is 127. The minimum absolute atomic E-state index is 0. The third-order valence-corrected chi connectivity index (χ3v) is 4.33. The van der Waals surface area contributed by atoms with E-state index in [9.17, 15) is 4.79 Å². The maximum absolute atomic E-state index is 11.8. The Balaban J connectivity index is 0.00000420. The van der Waals surface area contributed by atoms with E-state index in [1.54, 1.807) is 21.2 Å². The maximum atomic E-state index is 11.8. The van der Waals surface area contributed by atoms with Crippen molar-refractivity contribution >= 4 is 35.8 Å². The zero-order valence-electron chi connectivity index (χ0n) is 17.6. The van der Waals surface area contributed by atoms with E-state index in [-0.39, 0.29) is 48.6 Å². The second-order valence-corrected chi connectivity index (χ2v) is 6.96. The molecule has 1 heterocycles. The van der Waals surface area contributed by atoms with Crippen LogP contribution in [0.15, 0.2) is 29.3 Å². The van der Waals surface area contributed by atoms with Crippen LogP contribution in [0.3, 0.4) is 0 Å². The molecule has 1 aliphatic rings. The molecule has 0 radical (unpaired) electrons. The molecular weight excluding hydrogens is 487 g/mol. The SMILES string of the molecule is COc1cccc(OC(C)CNC(=NCC(=O)N(C)C)NCC2CCCO2)c1.I. The second kappa shape index (κ2) is 13.5. The Morgan fingerprint density at radius 1 is 1.34 bits per heavy atom. The molecule has 2 rings (SSSR count). The molecule has 1 aromatic rings. The number of nitrogens with one attached hydrogen (secondary N) is 2. The molecule has 1 aliphatic heterocycles. The van der Waals surface area contributed by atoms with Crippen molar-refractivity contribution in [1.82, 2.24) is 15.5 Å². The molecule has 0 bridgehead atoms. The van der Waals surface area contributed by atoms with Crippen molar-refractivity contribution < 1.29 is 19.0 Å². The van der Waals surface area contributed by atoms with Gasteiger partial charge in [-0.05, 0) is 31.9 Å². The fraction of sp³-hybridized carbons (Fsp3) is 0.600. The molecule has 9 heteroatoms. The first-order valence-electron chi connectivity index (χ1n) is 9.62. The number of carbonyl (C=O) groups excluding carboxylic acids is 1. The molecule has 1 aromatic carbocycles. The van der Waals surface area contributed by atoms with Crippen LogP contribution in [-0.4, -0.2) is 76.4 Å². The highest BCUT2D eigenvalue weighted by molar-refractivity contribution is 14.0. The number of rotatable bonds is 9. The van der Waals surface area contributed by atoms with Crippen LogP contribution in [0.25, 0.3) is 0 Å². The van der Waals surface area contributed by atoms with E-state index < -0.39 is 0 Å². The van der Waals surface area contributed by atoms with E-state index in [1.165, 1.54) is 4.90 Å². The lowest BCUT2D eigenvalue weighted by atomic mass is 10.2. The van der Waals surface area contributed by atoms with Gasteiger partial charge in [-0.3, -0.25) is 4.79 Å². The molecule has 0 saturated carbocycles. The van der Waals surface area contributed by atoms with Gasteiger partial charge in [-0.15, -0.1) is 24.0 Å². The summed E-state index contributed by atoms with van der Waals surface area (Å²) >= 11 is 0. The number of halogens is 1. The van der Waals surface area contributed by atoms with Crippen molar-refractivity contribution in [3.63, 3.8) is 0 Å². The molecule has 29 heavy (non-hydrogen) atoms. The van der Waals surface area contributed by atoms with Crippen molar-refractivity contribution in [1.29, 1.82) is 0 Å². The van der Waals surface area contributed by atoms with Gasteiger partial charge in [0.15, 0.2) is 5.96 Å². The first-order chi connectivity index (χ1) is 13.5. The summed E-state index contributed by atoms with van der Waals surface area (Å²) in [5.74, 6) is 2.01. The van der Waals surface area contributed by atoms with E-state index in [4.69, 9.17) is 14.2 Å². The first-order valence-corrected chi connectivity index (χ1v) is 9.62. The third-order valence-electron chi connectivity index (χ3n) is 4.33. The maximum Gasteiger partial charge on any atom is 0.243 e. The van der Waals surface area contributed by atoms with Crippen molar-refractivity contribution in [2.24, 2.45) is 4.99 Å². The van der Waals surface area contributed by atoms with Gasteiger partial charge in [0.05, 0.1) is 19.8 Å². The Morgan fingerprint density at radius 2 is 2.10 bits per heavy atom. The predicted octanol–water partition coefficient (Wildman–Crippen LogP) is 1.88. The number of benzene rings is 1. The summed E-state index contributed by atoms with van der Waals surface area (Å²) in [5.41, 5.74) is 0. The van der Waals surface area contributed by atoms with Crippen LogP contribution in [-0.2, 0) is 9.53 Å². The van der Waals surface area contributed by atoms with Gasteiger partial charge in [0.1, 0.15) is 24.1 Å². The molecule has 1 saturated heterocycles. The quantitative estimate of drug-likeness (QED) is 0.294. The van der Waals surface area contributed by atoms with Gasteiger partial charge in [-0.2, -0.15) is 0 Å². The van der Waals surface area contributed by atoms with Crippen LogP contribution in [0.5, 0.6) is 11.5 Å². The number of likely N-dealkylation sites (N-methyl/N-ethyl adjacent to an activating group) is 1. The summed E-state index contributed by atoms with van der Waals surface area (Å²) in [5, 5.41) is 6.50. The average molecular weight is 520 g/mol. The average Bonchev–Trinajstić information content (AvgIpc) is 3.20. The van der Waals surface area contributed by atoms with Crippen LogP contribution >= 0.6 is 24.0 Å². The lowest BCUT2D eigenvalue weighted by Gasteiger charge is -2.19. The van der Waals surface area contributed by atoms with Crippen LogP contribution in [0.2, 0.25) is 0 Å². The van der Waals surface area contributed by atoms with Crippen molar-refractivity contribution in [2.45, 2.75) is 32.0 Å². The molecule has 2 atom stereocenters. The van der Waals surface area contributed by atoms with Crippen molar-refractivity contribution in [2.75, 3.05) is 47.4 Å². The van der Waals surface area contributed by atoms with E-state index in [1.807, 2.05) is 31.2 Å². The van der Waals surface area contributed by atoms with E-state index in [0.29, 0.717) is 19.0 Å². The summed E-state index contributed by atoms with van der Waals surface area (Å²) in [6.45, 7) is 4.04. The molecule has 8 nitrogen and oxygen atoms in total. The molecule has 2 N–H and O–H groups in total. The number of guanidine groups is 1. The van der Waals surface area contributed by atoms with Gasteiger partial charge in [0.2, 0.25) is 5.91 Å². The molecule has 0 spiro atoms. The van der Waals surface area contributed by atoms with Crippen LogP contribution < -0.4 is 20.1 Å². The second-order valence-electron chi connectivity index (χ2n) is 6.96. The normalized spacial score (nSPS) is 17.1. The lowest BCUT2D eigenvalue weighted by Crippen LogP contribution is -2.44. The summed E-state index contributed by atoms with van der Waals surface area (Å²) < 4.78 is 16.8. The van der Waals surface area contributed by atoms with Gasteiger partial charge in [-0.25, -0.2) is 4.99 Å². The minimum Gasteiger partial charge on any atom is -0.497 e. The van der Waals surface area contributed by atoms with Crippen LogP contribution in [0.4, 0.5) is 0 Å². The topological polar surface area (TPSA) is 84.4 Å². The van der Waals surface area contributed by atoms with Gasteiger partial charge in [0, 0.05) is 33.3 Å². The molecule has 164 valence electrons. The molecule has 2 unspecified atom stereocenters. The molecule has 1 amide bonds. The fourth-order valence-corrected chi connectivity index (χ4v) is 2.67. The van der Waals surface area contributed by atoms with Gasteiger partial charge < -0.3 is 29.7 Å². The van der Waals surface area contributed by atoms with E-state index >= 15 is 0 Å². The molecule has 0 aromatic heterocycles. The fourth-order valence-electron chi connectivity index (χ4n) is 2.67. The highest BCUT2D eigenvalue weighted by Crippen LogP contribution is 2.19. The number of carbonyl (C=O) groups is 1. The zero-order chi connectivity index (χ0) is 20.4. The first kappa shape index (κ1) is 25.3. The Labute approximate surface area is 190 Å². The predicted molar refractivity (Wildman–Crippen MR) is 124 cm³/mol. The lowest BCUT2D eigenvalue weighted by molar-refractivity contribution is -0.127. The smallest absolute Gasteiger partial charge is 0.243 e. The number of ether oxygens (including phenoxy) is 3. The summed E-state index contributed by atoms with van der Waals surface area (Å²) in [4.78, 5) is 17.8. The summed E-state index contributed by atoms with van der Waals surface area (Å²) in [6, 6.07) is 7.49. The largest absolute Gasteiger partial charge is 0.497 e. The Kier molecular flexibility index (Phi) is 11.7. The summed E-state index contributed by atoms with van der Waals surface area (Å²) in [6.07, 6.45) is 2.19. The number of amides is 1. The van der Waals surface area contributed by atoms with E-state index in [2.05, 4.69) is 15.6 Å². The Hall–Kier alpha value is -1.75. The number of nitrogens with zero attached hydrogens (tertiary/aromatic N) is 2. The molecule has 0 aliphatic carbocycles. The van der Waals surface area contributed by atoms with Crippen molar-refractivity contribution in [3.05, 3.63) is 24.3 Å². The van der Waals surface area contributed by atoms with Gasteiger partial charge >= 0.3 is 0 Å². The molecule has 1 fully saturated rings. The Bertz CT molecular complexity index is 651. The number of hydrogen-bond donors (Lipinski definition) is 2. The van der Waals surface area contributed by atoms with Crippen molar-refractivity contribution in [3.8, 4) is 11.5 Å². The number of methoxy groups -OCH3 is 1. The van der Waals surface area contributed by atoms with Gasteiger partial charge in [0.25, 0.3) is 0 Å². The monoisotopic (exact) mass is 520 g/mol. The highest BCUT2D eigenvalue weighted by Gasteiger charge is 2.16. The zero-order valence-corrected chi connectivity index (χ0v) is 20.0. The van der Waals surface area contributed by atoms with Crippen LogP contribution in [0.1, 0.15) is 19.8 Å². The number of aliphatic imine (C=N–C) groups is 1.